The summed E-state index contributed by atoms with van der Waals surface area (Å²) in [7, 11) is 0. The summed E-state index contributed by atoms with van der Waals surface area (Å²) in [5.74, 6) is -0.106. The van der Waals surface area contributed by atoms with Gasteiger partial charge < -0.3 is 20.5 Å². The van der Waals surface area contributed by atoms with Crippen LogP contribution in [0, 0.1) is 0 Å². The van der Waals surface area contributed by atoms with Gasteiger partial charge in [0.15, 0.2) is 6.29 Å². The van der Waals surface area contributed by atoms with Crippen molar-refractivity contribution in [2.45, 2.75) is 32.6 Å². The number of amides is 1. The van der Waals surface area contributed by atoms with Gasteiger partial charge in [-0.1, -0.05) is 30.3 Å². The van der Waals surface area contributed by atoms with E-state index in [1.54, 1.807) is 0 Å². The van der Waals surface area contributed by atoms with Crippen LogP contribution in [0.15, 0.2) is 30.3 Å². The van der Waals surface area contributed by atoms with Crippen molar-refractivity contribution in [1.29, 1.82) is 0 Å². The summed E-state index contributed by atoms with van der Waals surface area (Å²) in [5, 5.41) is 2.78. The van der Waals surface area contributed by atoms with Gasteiger partial charge in [-0.15, -0.1) is 0 Å². The molecule has 0 aromatic heterocycles. The topological polar surface area (TPSA) is 73.6 Å². The predicted octanol–water partition coefficient (Wildman–Crippen LogP) is 1.59. The van der Waals surface area contributed by atoms with Gasteiger partial charge in [-0.3, -0.25) is 4.79 Å². The molecule has 0 bridgehead atoms. The Morgan fingerprint density at radius 2 is 1.80 bits per heavy atom. The fraction of sp³-hybridized carbons (Fsp3) is 0.533. The fourth-order valence-corrected chi connectivity index (χ4v) is 1.82. The number of nitrogens with two attached hydrogens (primary N) is 1. The van der Waals surface area contributed by atoms with E-state index in [2.05, 4.69) is 5.32 Å². The third kappa shape index (κ3) is 6.14. The van der Waals surface area contributed by atoms with Crippen LogP contribution in [0.4, 0.5) is 0 Å². The lowest BCUT2D eigenvalue weighted by Crippen LogP contribution is -2.36. The molecular formula is C15H24N2O3. The lowest BCUT2D eigenvalue weighted by atomic mass is 10.0. The van der Waals surface area contributed by atoms with Gasteiger partial charge in [-0.2, -0.15) is 0 Å². The highest BCUT2D eigenvalue weighted by atomic mass is 16.7. The fourth-order valence-electron chi connectivity index (χ4n) is 1.82. The quantitative estimate of drug-likeness (QED) is 0.674. The molecule has 0 fully saturated rings. The third-order valence-corrected chi connectivity index (χ3v) is 2.80. The van der Waals surface area contributed by atoms with E-state index in [1.807, 2.05) is 44.2 Å². The molecule has 5 heteroatoms. The Morgan fingerprint density at radius 3 is 2.35 bits per heavy atom. The zero-order chi connectivity index (χ0) is 14.8. The van der Waals surface area contributed by atoms with Crippen molar-refractivity contribution in [2.24, 2.45) is 5.73 Å². The molecule has 20 heavy (non-hydrogen) atoms. The number of benzene rings is 1. The Bertz CT molecular complexity index is 378. The molecule has 0 aliphatic heterocycles. The highest BCUT2D eigenvalue weighted by Gasteiger charge is 2.13. The summed E-state index contributed by atoms with van der Waals surface area (Å²) in [6, 6.07) is 9.28. The van der Waals surface area contributed by atoms with Gasteiger partial charge in [0.2, 0.25) is 5.91 Å². The third-order valence-electron chi connectivity index (χ3n) is 2.80. The summed E-state index contributed by atoms with van der Waals surface area (Å²) in [6.45, 7) is 5.20. The van der Waals surface area contributed by atoms with E-state index in [4.69, 9.17) is 15.2 Å². The number of ether oxygens (including phenoxy) is 2. The molecule has 1 atom stereocenters. The molecule has 1 rings (SSSR count). The van der Waals surface area contributed by atoms with Crippen LogP contribution in [-0.2, 0) is 14.3 Å². The van der Waals surface area contributed by atoms with Crippen LogP contribution in [0.3, 0.4) is 0 Å². The minimum atomic E-state index is -0.401. The summed E-state index contributed by atoms with van der Waals surface area (Å²) in [6.07, 6.45) is -0.156. The molecule has 3 N–H and O–H groups in total. The first kappa shape index (κ1) is 16.6. The van der Waals surface area contributed by atoms with Crippen molar-refractivity contribution in [1.82, 2.24) is 5.32 Å². The SMILES string of the molecule is CCOC(CNC(=O)CC(N)c1ccccc1)OCC. The number of hydrogen-bond donors (Lipinski definition) is 2. The van der Waals surface area contributed by atoms with Crippen molar-refractivity contribution in [2.75, 3.05) is 19.8 Å². The van der Waals surface area contributed by atoms with Crippen LogP contribution in [-0.4, -0.2) is 32.0 Å². The van der Waals surface area contributed by atoms with Gasteiger partial charge in [0.05, 0.1) is 6.54 Å². The Hall–Kier alpha value is -1.43. The molecule has 0 saturated carbocycles. The van der Waals surface area contributed by atoms with Crippen LogP contribution in [0.2, 0.25) is 0 Å². The largest absolute Gasteiger partial charge is 0.351 e. The summed E-state index contributed by atoms with van der Waals surface area (Å²) < 4.78 is 10.7. The van der Waals surface area contributed by atoms with E-state index in [1.165, 1.54) is 0 Å². The van der Waals surface area contributed by atoms with Gasteiger partial charge in [-0.05, 0) is 19.4 Å². The zero-order valence-electron chi connectivity index (χ0n) is 12.2. The van der Waals surface area contributed by atoms with E-state index in [-0.39, 0.29) is 18.4 Å². The Labute approximate surface area is 120 Å². The maximum absolute atomic E-state index is 11.8. The summed E-state index contributed by atoms with van der Waals surface area (Å²) in [4.78, 5) is 11.8. The number of rotatable bonds is 9. The molecular weight excluding hydrogens is 256 g/mol. The molecule has 0 aliphatic carbocycles. The second-order valence-electron chi connectivity index (χ2n) is 4.37. The number of carbonyl (C=O) groups excluding carboxylic acids is 1. The van der Waals surface area contributed by atoms with E-state index < -0.39 is 6.29 Å². The summed E-state index contributed by atoms with van der Waals surface area (Å²) in [5.41, 5.74) is 6.95. The number of hydrogen-bond acceptors (Lipinski definition) is 4. The Kier molecular flexibility index (Phi) is 7.87. The van der Waals surface area contributed by atoms with E-state index in [0.29, 0.717) is 19.8 Å². The van der Waals surface area contributed by atoms with Crippen molar-refractivity contribution in [3.05, 3.63) is 35.9 Å². The molecule has 1 aromatic rings. The van der Waals surface area contributed by atoms with Gasteiger partial charge in [-0.25, -0.2) is 0 Å². The van der Waals surface area contributed by atoms with Gasteiger partial charge in [0.25, 0.3) is 0 Å². The molecule has 1 aromatic carbocycles. The van der Waals surface area contributed by atoms with E-state index in [9.17, 15) is 4.79 Å². The monoisotopic (exact) mass is 280 g/mol. The molecule has 0 saturated heterocycles. The van der Waals surface area contributed by atoms with Crippen molar-refractivity contribution < 1.29 is 14.3 Å². The smallest absolute Gasteiger partial charge is 0.222 e. The molecule has 0 aliphatic rings. The molecule has 5 nitrogen and oxygen atoms in total. The Morgan fingerprint density at radius 1 is 1.20 bits per heavy atom. The lowest BCUT2D eigenvalue weighted by Gasteiger charge is -2.18. The first-order valence-electron chi connectivity index (χ1n) is 6.97. The molecule has 0 spiro atoms. The molecule has 1 amide bonds. The van der Waals surface area contributed by atoms with Gasteiger partial charge >= 0.3 is 0 Å². The molecule has 0 radical (unpaired) electrons. The van der Waals surface area contributed by atoms with Gasteiger partial charge in [0, 0.05) is 25.7 Å². The van der Waals surface area contributed by atoms with Crippen molar-refractivity contribution >= 4 is 5.91 Å². The van der Waals surface area contributed by atoms with Crippen molar-refractivity contribution in [3.63, 3.8) is 0 Å². The average Bonchev–Trinajstić information content (AvgIpc) is 2.46. The number of nitrogens with one attached hydrogen (secondary N) is 1. The predicted molar refractivity (Wildman–Crippen MR) is 78.0 cm³/mol. The normalized spacial score (nSPS) is 12.4. The van der Waals surface area contributed by atoms with Gasteiger partial charge in [0.1, 0.15) is 0 Å². The van der Waals surface area contributed by atoms with Crippen LogP contribution >= 0.6 is 0 Å². The highest BCUT2D eigenvalue weighted by molar-refractivity contribution is 5.76. The van der Waals surface area contributed by atoms with Crippen molar-refractivity contribution in [3.8, 4) is 0 Å². The first-order chi connectivity index (χ1) is 9.67. The standard InChI is InChI=1S/C15H24N2O3/c1-3-19-15(20-4-2)11-17-14(18)10-13(16)12-8-6-5-7-9-12/h5-9,13,15H,3-4,10-11,16H2,1-2H3,(H,17,18). The lowest BCUT2D eigenvalue weighted by molar-refractivity contribution is -0.140. The van der Waals surface area contributed by atoms with E-state index in [0.717, 1.165) is 5.56 Å². The summed E-state index contributed by atoms with van der Waals surface area (Å²) >= 11 is 0. The maximum atomic E-state index is 11.8. The second-order valence-corrected chi connectivity index (χ2v) is 4.37. The minimum Gasteiger partial charge on any atom is -0.351 e. The Balaban J connectivity index is 2.35. The second kappa shape index (κ2) is 9.47. The average molecular weight is 280 g/mol. The zero-order valence-corrected chi connectivity index (χ0v) is 12.2. The first-order valence-corrected chi connectivity index (χ1v) is 6.97. The highest BCUT2D eigenvalue weighted by Crippen LogP contribution is 2.12. The van der Waals surface area contributed by atoms with Crippen LogP contribution < -0.4 is 11.1 Å². The molecule has 0 heterocycles. The van der Waals surface area contributed by atoms with E-state index >= 15 is 0 Å². The van der Waals surface area contributed by atoms with Crippen LogP contribution in [0.1, 0.15) is 31.9 Å². The molecule has 112 valence electrons. The van der Waals surface area contributed by atoms with Crippen LogP contribution in [0.25, 0.3) is 0 Å². The van der Waals surface area contributed by atoms with Crippen LogP contribution in [0.5, 0.6) is 0 Å². The maximum Gasteiger partial charge on any atom is 0.222 e. The minimum absolute atomic E-state index is 0.106. The molecule has 1 unspecified atom stereocenters. The number of carbonyl (C=O) groups is 1.